The average molecular weight is 375 g/mol. The second-order valence-electron chi connectivity index (χ2n) is 5.36. The molecule has 2 amide bonds. The van der Waals surface area contributed by atoms with Gasteiger partial charge in [0.1, 0.15) is 0 Å². The van der Waals surface area contributed by atoms with Gasteiger partial charge in [0.15, 0.2) is 11.7 Å². The number of halogens is 3. The second-order valence-corrected chi connectivity index (χ2v) is 6.39. The van der Waals surface area contributed by atoms with E-state index in [9.17, 15) is 22.8 Å². The summed E-state index contributed by atoms with van der Waals surface area (Å²) in [6, 6.07) is 3.96. The summed E-state index contributed by atoms with van der Waals surface area (Å²) < 4.78 is 40.5. The number of carbonyl (C=O) groups excluding carboxylic acids is 2. The number of anilines is 1. The molecule has 0 radical (unpaired) electrons. The van der Waals surface area contributed by atoms with Crippen molar-refractivity contribution in [1.29, 1.82) is 0 Å². The highest BCUT2D eigenvalue weighted by Crippen LogP contribution is 2.29. The van der Waals surface area contributed by atoms with Gasteiger partial charge in [-0.15, -0.1) is 0 Å². The summed E-state index contributed by atoms with van der Waals surface area (Å²) in [5.74, 6) is -0.412. The number of rotatable bonds is 5. The summed E-state index contributed by atoms with van der Waals surface area (Å²) in [7, 11) is 0. The van der Waals surface area contributed by atoms with Crippen LogP contribution in [0.4, 0.5) is 23.1 Å². The molecule has 0 spiro atoms. The van der Waals surface area contributed by atoms with E-state index in [4.69, 9.17) is 0 Å². The predicted molar refractivity (Wildman–Crippen MR) is 87.7 cm³/mol. The molecule has 0 bridgehead atoms. The Morgan fingerprint density at radius 1 is 1.28 bits per heavy atom. The van der Waals surface area contributed by atoms with Crippen molar-refractivity contribution in [3.63, 3.8) is 0 Å². The van der Waals surface area contributed by atoms with Crippen LogP contribution in [-0.2, 0) is 9.53 Å². The van der Waals surface area contributed by atoms with Gasteiger partial charge < -0.3 is 15.4 Å². The Morgan fingerprint density at radius 3 is 2.68 bits per heavy atom. The fourth-order valence-electron chi connectivity index (χ4n) is 2.08. The van der Waals surface area contributed by atoms with Gasteiger partial charge in [0, 0.05) is 13.0 Å². The van der Waals surface area contributed by atoms with Gasteiger partial charge >= 0.3 is 12.3 Å². The van der Waals surface area contributed by atoms with Crippen LogP contribution in [-0.4, -0.2) is 36.3 Å². The molecule has 2 N–H and O–H groups in total. The van der Waals surface area contributed by atoms with E-state index in [1.807, 2.05) is 26.0 Å². The summed E-state index contributed by atoms with van der Waals surface area (Å²) in [4.78, 5) is 27.2. The first-order valence-electron chi connectivity index (χ1n) is 7.29. The van der Waals surface area contributed by atoms with E-state index in [-0.39, 0.29) is 13.0 Å². The lowest BCUT2D eigenvalue weighted by atomic mass is 10.1. The number of benzene rings is 1. The minimum absolute atomic E-state index is 0.116. The number of nitrogens with one attached hydrogen (secondary N) is 2. The summed E-state index contributed by atoms with van der Waals surface area (Å²) in [5, 5.41) is 5.10. The number of hydrogen-bond acceptors (Lipinski definition) is 5. The zero-order valence-electron chi connectivity index (χ0n) is 13.5. The lowest BCUT2D eigenvalue weighted by Gasteiger charge is -2.08. The molecule has 0 fully saturated rings. The molecule has 0 aliphatic rings. The van der Waals surface area contributed by atoms with Crippen molar-refractivity contribution in [3.05, 3.63) is 23.3 Å². The van der Waals surface area contributed by atoms with Crippen LogP contribution in [0.15, 0.2) is 12.1 Å². The van der Waals surface area contributed by atoms with E-state index >= 15 is 0 Å². The Hall–Kier alpha value is -2.36. The number of hydrogen-bond donors (Lipinski definition) is 2. The number of alkyl carbamates (subject to hydrolysis) is 1. The monoisotopic (exact) mass is 375 g/mol. The molecule has 0 saturated carbocycles. The van der Waals surface area contributed by atoms with Crippen molar-refractivity contribution in [2.75, 3.05) is 18.5 Å². The molecular formula is C15H16F3N3O3S. The molecule has 1 aromatic carbocycles. The topological polar surface area (TPSA) is 80.3 Å². The molecule has 136 valence electrons. The first-order valence-corrected chi connectivity index (χ1v) is 8.11. The summed E-state index contributed by atoms with van der Waals surface area (Å²) in [6.07, 6.45) is -5.93. The first-order chi connectivity index (χ1) is 11.6. The molecule has 1 aromatic heterocycles. The van der Waals surface area contributed by atoms with Crippen molar-refractivity contribution in [1.82, 2.24) is 10.3 Å². The normalized spacial score (nSPS) is 11.4. The smallest absolute Gasteiger partial charge is 0.422 e. The third kappa shape index (κ3) is 5.89. The number of fused-ring (bicyclic) bond motifs is 1. The zero-order valence-corrected chi connectivity index (χ0v) is 14.3. The second kappa shape index (κ2) is 7.68. The summed E-state index contributed by atoms with van der Waals surface area (Å²) >= 11 is 1.32. The van der Waals surface area contributed by atoms with Crippen molar-refractivity contribution >= 4 is 38.7 Å². The highest BCUT2D eigenvalue weighted by atomic mass is 32.1. The summed E-state index contributed by atoms with van der Waals surface area (Å²) in [5.41, 5.74) is 2.90. The lowest BCUT2D eigenvalue weighted by molar-refractivity contribution is -0.160. The number of carbonyl (C=O) groups is 2. The molecular weight excluding hydrogens is 359 g/mol. The van der Waals surface area contributed by atoms with Crippen molar-refractivity contribution in [3.8, 4) is 0 Å². The fourth-order valence-corrected chi connectivity index (χ4v) is 3.14. The minimum atomic E-state index is -4.59. The Balaban J connectivity index is 1.81. The van der Waals surface area contributed by atoms with Gasteiger partial charge in [0.05, 0.1) is 10.2 Å². The third-order valence-corrected chi connectivity index (χ3v) is 3.98. The number of alkyl halides is 3. The van der Waals surface area contributed by atoms with Crippen molar-refractivity contribution in [2.24, 2.45) is 0 Å². The van der Waals surface area contributed by atoms with Crippen LogP contribution in [0.5, 0.6) is 0 Å². The molecule has 0 atom stereocenters. The number of nitrogens with zero attached hydrogens (tertiary/aromatic N) is 1. The number of aromatic nitrogens is 1. The Labute approximate surface area is 145 Å². The molecule has 0 unspecified atom stereocenters. The molecule has 0 aliphatic carbocycles. The van der Waals surface area contributed by atoms with Gasteiger partial charge in [-0.2, -0.15) is 13.2 Å². The van der Waals surface area contributed by atoms with Crippen molar-refractivity contribution < 1.29 is 27.5 Å². The molecule has 0 saturated heterocycles. The standard InChI is InChI=1S/C15H16F3N3O3S/c1-8-5-9(2)12-10(6-8)25-13(21-12)20-11(22)3-4-19-14(23)24-7-15(16,17)18/h5-6H,3-4,7H2,1-2H3,(H,19,23)(H,20,21,22). The van der Waals surface area contributed by atoms with Gasteiger partial charge in [-0.3, -0.25) is 4.79 Å². The van der Waals surface area contributed by atoms with Gasteiger partial charge in [0.25, 0.3) is 0 Å². The fraction of sp³-hybridized carbons (Fsp3) is 0.400. The lowest BCUT2D eigenvalue weighted by Crippen LogP contribution is -2.31. The largest absolute Gasteiger partial charge is 0.440 e. The Bertz CT molecular complexity index is 789. The van der Waals surface area contributed by atoms with E-state index in [0.29, 0.717) is 5.13 Å². The van der Waals surface area contributed by atoms with Crippen LogP contribution >= 0.6 is 11.3 Å². The van der Waals surface area contributed by atoms with Crippen LogP contribution in [0.2, 0.25) is 0 Å². The van der Waals surface area contributed by atoms with Crippen LogP contribution < -0.4 is 10.6 Å². The maximum Gasteiger partial charge on any atom is 0.422 e. The van der Waals surface area contributed by atoms with Crippen LogP contribution in [0, 0.1) is 13.8 Å². The van der Waals surface area contributed by atoms with Crippen LogP contribution in [0.3, 0.4) is 0 Å². The zero-order chi connectivity index (χ0) is 18.6. The molecule has 0 aliphatic heterocycles. The van der Waals surface area contributed by atoms with E-state index < -0.39 is 24.8 Å². The van der Waals surface area contributed by atoms with Crippen LogP contribution in [0.1, 0.15) is 17.5 Å². The number of aryl methyl sites for hydroxylation is 2. The Kier molecular flexibility index (Phi) is 5.83. The molecule has 2 aromatic rings. The average Bonchev–Trinajstić information content (AvgIpc) is 2.87. The quantitative estimate of drug-likeness (QED) is 0.838. The van der Waals surface area contributed by atoms with Gasteiger partial charge in [-0.1, -0.05) is 17.4 Å². The highest BCUT2D eigenvalue weighted by molar-refractivity contribution is 7.22. The predicted octanol–water partition coefficient (Wildman–Crippen LogP) is 3.53. The number of ether oxygens (including phenoxy) is 1. The highest BCUT2D eigenvalue weighted by Gasteiger charge is 2.29. The third-order valence-electron chi connectivity index (χ3n) is 3.06. The molecule has 1 heterocycles. The molecule has 10 heteroatoms. The molecule has 25 heavy (non-hydrogen) atoms. The first kappa shape index (κ1) is 19.0. The van der Waals surface area contributed by atoms with E-state index in [1.165, 1.54) is 11.3 Å². The van der Waals surface area contributed by atoms with Crippen molar-refractivity contribution in [2.45, 2.75) is 26.4 Å². The van der Waals surface area contributed by atoms with E-state index in [1.54, 1.807) is 0 Å². The number of amides is 2. The van der Waals surface area contributed by atoms with Crippen LogP contribution in [0.25, 0.3) is 10.2 Å². The minimum Gasteiger partial charge on any atom is -0.440 e. The number of thiazole rings is 1. The molecule has 6 nitrogen and oxygen atoms in total. The van der Waals surface area contributed by atoms with Gasteiger partial charge in [0.2, 0.25) is 5.91 Å². The van der Waals surface area contributed by atoms with Gasteiger partial charge in [-0.05, 0) is 31.0 Å². The van der Waals surface area contributed by atoms with E-state index in [2.05, 4.69) is 20.4 Å². The van der Waals surface area contributed by atoms with Gasteiger partial charge in [-0.25, -0.2) is 9.78 Å². The maximum absolute atomic E-state index is 11.9. The Morgan fingerprint density at radius 2 is 2.00 bits per heavy atom. The SMILES string of the molecule is Cc1cc(C)c2nc(NC(=O)CCNC(=O)OCC(F)(F)F)sc2c1. The van der Waals surface area contributed by atoms with E-state index in [0.717, 1.165) is 21.3 Å². The maximum atomic E-state index is 11.9. The summed E-state index contributed by atoms with van der Waals surface area (Å²) in [6.45, 7) is 2.08. The molecule has 2 rings (SSSR count).